The van der Waals surface area contributed by atoms with Crippen LogP contribution in [0.2, 0.25) is 0 Å². The Morgan fingerprint density at radius 2 is 1.95 bits per heavy atom. The van der Waals surface area contributed by atoms with Gasteiger partial charge >= 0.3 is 0 Å². The number of carbonyl (C=O) groups is 2. The normalized spacial score (nSPS) is 26.5. The predicted molar refractivity (Wildman–Crippen MR) is 144 cm³/mol. The van der Waals surface area contributed by atoms with Crippen LogP contribution >= 0.6 is 24.0 Å². The van der Waals surface area contributed by atoms with Crippen LogP contribution in [0.4, 0.5) is 10.1 Å². The van der Waals surface area contributed by atoms with Crippen LogP contribution in [0.1, 0.15) is 22.8 Å². The number of thioether (sulfide) groups is 1. The smallest absolute Gasteiger partial charge is 0.251 e. The van der Waals surface area contributed by atoms with E-state index in [9.17, 15) is 14.0 Å². The molecule has 2 fully saturated rings. The highest BCUT2D eigenvalue weighted by molar-refractivity contribution is 8.25. The van der Waals surface area contributed by atoms with Crippen LogP contribution in [-0.4, -0.2) is 58.5 Å². The number of hydrogen-bond acceptors (Lipinski definition) is 8. The van der Waals surface area contributed by atoms with E-state index >= 15 is 0 Å². The van der Waals surface area contributed by atoms with E-state index in [2.05, 4.69) is 5.32 Å². The first-order chi connectivity index (χ1) is 18.3. The number of likely N-dealkylation sites (N-methyl/N-ethyl adjacent to an activating group) is 1. The summed E-state index contributed by atoms with van der Waals surface area (Å²) >= 11 is 6.95. The summed E-state index contributed by atoms with van der Waals surface area (Å²) in [4.78, 5) is 32.1. The molecule has 38 heavy (non-hydrogen) atoms. The van der Waals surface area contributed by atoms with Gasteiger partial charge in [0.25, 0.3) is 5.91 Å². The Kier molecular flexibility index (Phi) is 5.78. The summed E-state index contributed by atoms with van der Waals surface area (Å²) in [6, 6.07) is 13.1. The highest BCUT2D eigenvalue weighted by Gasteiger charge is 2.77. The summed E-state index contributed by atoms with van der Waals surface area (Å²) in [5.41, 5.74) is 0.134. The van der Waals surface area contributed by atoms with Crippen molar-refractivity contribution < 1.29 is 27.9 Å². The van der Waals surface area contributed by atoms with E-state index in [1.54, 1.807) is 39.5 Å². The third-order valence-corrected chi connectivity index (χ3v) is 9.68. The second-order valence-corrected chi connectivity index (χ2v) is 11.4. The molecule has 2 saturated heterocycles. The van der Waals surface area contributed by atoms with Gasteiger partial charge in [0.1, 0.15) is 20.6 Å². The van der Waals surface area contributed by atoms with Crippen molar-refractivity contribution in [2.24, 2.45) is 0 Å². The number of methoxy groups -OCH3 is 2. The minimum Gasteiger partial charge on any atom is -0.493 e. The molecule has 0 saturated carbocycles. The molecular weight excluding hydrogens is 529 g/mol. The number of halogens is 1. The van der Waals surface area contributed by atoms with Gasteiger partial charge in [0, 0.05) is 23.7 Å². The maximum Gasteiger partial charge on any atom is 0.251 e. The Labute approximate surface area is 228 Å². The van der Waals surface area contributed by atoms with Gasteiger partial charge in [0.2, 0.25) is 5.91 Å². The number of likely N-dealkylation sites (tertiary alicyclic amines) is 1. The molecule has 0 aliphatic carbocycles. The molecule has 2 amide bonds. The minimum atomic E-state index is -1.52. The maximum absolute atomic E-state index is 14.7. The number of carbonyl (C=O) groups excluding carboxylic acids is 2. The van der Waals surface area contributed by atoms with Crippen molar-refractivity contribution in [1.82, 2.24) is 9.80 Å². The van der Waals surface area contributed by atoms with Crippen molar-refractivity contribution in [3.8, 4) is 11.5 Å². The predicted octanol–water partition coefficient (Wildman–Crippen LogP) is 4.11. The zero-order valence-electron chi connectivity index (χ0n) is 20.8. The number of nitrogens with one attached hydrogen (secondary N) is 1. The molecule has 3 atom stereocenters. The molecule has 6 rings (SSSR count). The molecule has 0 bridgehead atoms. The number of furan rings is 1. The number of ether oxygens (including phenoxy) is 2. The Morgan fingerprint density at radius 3 is 2.66 bits per heavy atom. The van der Waals surface area contributed by atoms with Gasteiger partial charge < -0.3 is 19.2 Å². The monoisotopic (exact) mass is 553 g/mol. The van der Waals surface area contributed by atoms with E-state index in [0.717, 1.165) is 5.56 Å². The maximum atomic E-state index is 14.7. The molecule has 3 aromatic rings. The van der Waals surface area contributed by atoms with E-state index in [1.165, 1.54) is 41.1 Å². The molecule has 3 aliphatic rings. The third-order valence-electron chi connectivity index (χ3n) is 7.74. The first-order valence-corrected chi connectivity index (χ1v) is 13.1. The van der Waals surface area contributed by atoms with E-state index in [4.69, 9.17) is 26.1 Å². The van der Waals surface area contributed by atoms with Gasteiger partial charge in [0.15, 0.2) is 17.0 Å². The number of fused-ring (bicyclic) bond motifs is 3. The van der Waals surface area contributed by atoms with Gasteiger partial charge in [-0.15, -0.1) is 0 Å². The summed E-state index contributed by atoms with van der Waals surface area (Å²) in [5.74, 6) is -0.141. The van der Waals surface area contributed by atoms with E-state index in [1.807, 2.05) is 17.0 Å². The van der Waals surface area contributed by atoms with Gasteiger partial charge in [-0.05, 0) is 55.1 Å². The minimum absolute atomic E-state index is 0.121. The molecule has 196 valence electrons. The summed E-state index contributed by atoms with van der Waals surface area (Å²) in [6.07, 6.45) is 1.53. The van der Waals surface area contributed by atoms with Crippen LogP contribution in [0.15, 0.2) is 59.2 Å². The Hall–Kier alpha value is -3.41. The van der Waals surface area contributed by atoms with Crippen molar-refractivity contribution >= 4 is 45.8 Å². The average molecular weight is 554 g/mol. The molecule has 3 aliphatic heterocycles. The van der Waals surface area contributed by atoms with Gasteiger partial charge in [0.05, 0.1) is 27.0 Å². The number of hydrogen-bond donors (Lipinski definition) is 1. The highest BCUT2D eigenvalue weighted by Crippen LogP contribution is 2.66. The molecule has 2 aromatic carbocycles. The summed E-state index contributed by atoms with van der Waals surface area (Å²) in [7, 11) is 4.87. The SMILES string of the molecule is COc1ccc(C2CN(C)C3(C(=O)Nc4ccc(F)cc43)C23SC(=S)N(Cc2ccco2)C3=O)cc1OC. The van der Waals surface area contributed by atoms with Gasteiger partial charge in [-0.25, -0.2) is 4.39 Å². The van der Waals surface area contributed by atoms with Crippen LogP contribution < -0.4 is 14.8 Å². The number of nitrogens with zero attached hydrogens (tertiary/aromatic N) is 2. The van der Waals surface area contributed by atoms with Gasteiger partial charge in [-0.2, -0.15) is 0 Å². The van der Waals surface area contributed by atoms with Crippen LogP contribution in [-0.2, 0) is 21.7 Å². The fourth-order valence-corrected chi connectivity index (χ4v) is 8.29. The quantitative estimate of drug-likeness (QED) is 0.473. The molecular formula is C27H24FN3O5S2. The first-order valence-electron chi connectivity index (χ1n) is 11.9. The molecule has 1 aromatic heterocycles. The Balaban J connectivity index is 1.59. The molecule has 4 heterocycles. The van der Waals surface area contributed by atoms with Gasteiger partial charge in [-0.3, -0.25) is 19.4 Å². The van der Waals surface area contributed by atoms with Crippen LogP contribution in [0, 0.1) is 5.82 Å². The lowest BCUT2D eigenvalue weighted by molar-refractivity contribution is -0.138. The fourth-order valence-electron chi connectivity index (χ4n) is 6.16. The number of amides is 2. The van der Waals surface area contributed by atoms with Crippen molar-refractivity contribution in [3.05, 3.63) is 77.5 Å². The molecule has 2 spiro atoms. The van der Waals surface area contributed by atoms with Gasteiger partial charge in [-0.1, -0.05) is 30.0 Å². The highest BCUT2D eigenvalue weighted by atomic mass is 32.2. The Morgan fingerprint density at radius 1 is 1.16 bits per heavy atom. The number of rotatable bonds is 5. The van der Waals surface area contributed by atoms with Crippen LogP contribution in [0.5, 0.6) is 11.5 Å². The lowest BCUT2D eigenvalue weighted by Crippen LogP contribution is -2.61. The van der Waals surface area contributed by atoms with Crippen molar-refractivity contribution in [3.63, 3.8) is 0 Å². The van der Waals surface area contributed by atoms with E-state index in [-0.39, 0.29) is 12.5 Å². The fraction of sp³-hybridized carbons (Fsp3) is 0.296. The lowest BCUT2D eigenvalue weighted by atomic mass is 9.72. The summed E-state index contributed by atoms with van der Waals surface area (Å²) < 4.78 is 30.1. The zero-order chi connectivity index (χ0) is 26.8. The molecule has 11 heteroatoms. The van der Waals surface area contributed by atoms with Crippen molar-refractivity contribution in [2.75, 3.05) is 33.1 Å². The number of anilines is 1. The second-order valence-electron chi connectivity index (χ2n) is 9.48. The Bertz CT molecular complexity index is 1480. The van der Waals surface area contributed by atoms with E-state index < -0.39 is 27.9 Å². The first kappa shape index (κ1) is 24.9. The van der Waals surface area contributed by atoms with Crippen molar-refractivity contribution in [1.29, 1.82) is 0 Å². The number of thiocarbonyl (C=S) groups is 1. The summed E-state index contributed by atoms with van der Waals surface area (Å²) in [5, 5.41) is 2.91. The zero-order valence-corrected chi connectivity index (χ0v) is 22.5. The number of benzene rings is 2. The molecule has 1 N–H and O–H groups in total. The standard InChI is InChI=1S/C27H24FN3O5S2/c1-30-14-19(15-6-9-21(34-2)22(11-15)35-3)27(24(33)31(25(37)38-27)13-17-5-4-10-36-17)26(30)18-12-16(28)7-8-20(18)29-23(26)32/h4-12,19H,13-14H2,1-3H3,(H,29,32). The second kappa shape index (κ2) is 8.82. The average Bonchev–Trinajstić information content (AvgIpc) is 3.64. The molecule has 0 radical (unpaired) electrons. The van der Waals surface area contributed by atoms with Crippen molar-refractivity contribution in [2.45, 2.75) is 22.7 Å². The topological polar surface area (TPSA) is 84.3 Å². The summed E-state index contributed by atoms with van der Waals surface area (Å²) in [6.45, 7) is 0.449. The molecule has 8 nitrogen and oxygen atoms in total. The van der Waals surface area contributed by atoms with Crippen LogP contribution in [0.3, 0.4) is 0 Å². The molecule has 3 unspecified atom stereocenters. The lowest BCUT2D eigenvalue weighted by Gasteiger charge is -2.41. The third kappa shape index (κ3) is 3.15. The van der Waals surface area contributed by atoms with Crippen LogP contribution in [0.25, 0.3) is 0 Å². The largest absolute Gasteiger partial charge is 0.493 e. The van der Waals surface area contributed by atoms with E-state index in [0.29, 0.717) is 39.4 Å².